The van der Waals surface area contributed by atoms with Gasteiger partial charge in [-0.25, -0.2) is 4.79 Å². The summed E-state index contributed by atoms with van der Waals surface area (Å²) in [5, 5.41) is 13.9. The second-order valence-electron chi connectivity index (χ2n) is 6.01. The quantitative estimate of drug-likeness (QED) is 0.759. The third-order valence-electron chi connectivity index (χ3n) is 4.32. The molecule has 1 unspecified atom stereocenters. The van der Waals surface area contributed by atoms with Crippen molar-refractivity contribution in [3.8, 4) is 11.4 Å². The number of rotatable bonds is 4. The molecule has 0 aliphatic carbocycles. The van der Waals surface area contributed by atoms with E-state index in [2.05, 4.69) is 20.8 Å². The monoisotopic (exact) mass is 349 g/mol. The van der Waals surface area contributed by atoms with Gasteiger partial charge in [0.25, 0.3) is 0 Å². The molecule has 1 atom stereocenters. The molecule has 7 nitrogen and oxygen atoms in total. The molecule has 0 saturated carbocycles. The highest BCUT2D eigenvalue weighted by molar-refractivity contribution is 5.74. The molecule has 4 rings (SSSR count). The summed E-state index contributed by atoms with van der Waals surface area (Å²) in [7, 11) is 0. The van der Waals surface area contributed by atoms with Crippen LogP contribution in [-0.2, 0) is 6.54 Å². The van der Waals surface area contributed by atoms with Crippen LogP contribution in [0.2, 0.25) is 0 Å². The van der Waals surface area contributed by atoms with Gasteiger partial charge in [0, 0.05) is 17.7 Å². The number of urea groups is 1. The Labute approximate surface area is 151 Å². The topological polar surface area (TPSA) is 81.1 Å². The number of carbonyl (C=O) groups is 1. The number of hydrogen-bond acceptors (Lipinski definition) is 4. The molecular weight excluding hydrogens is 330 g/mol. The van der Waals surface area contributed by atoms with Gasteiger partial charge in [0.15, 0.2) is 5.82 Å². The van der Waals surface area contributed by atoms with Crippen LogP contribution in [0.4, 0.5) is 4.79 Å². The van der Waals surface area contributed by atoms with Crippen molar-refractivity contribution in [2.45, 2.75) is 19.0 Å². The summed E-state index contributed by atoms with van der Waals surface area (Å²) in [5.74, 6) is 1.49. The van der Waals surface area contributed by atoms with Crippen molar-refractivity contribution >= 4 is 6.03 Å². The second kappa shape index (κ2) is 7.26. The van der Waals surface area contributed by atoms with Gasteiger partial charge in [0.05, 0.1) is 19.2 Å². The fraction of sp³-hybridized carbons (Fsp3) is 0.211. The number of carbonyl (C=O) groups excluding carboxylic acids is 1. The molecular formula is C19H19N5O2. The SMILES string of the molecule is O=C(NCc1nncn1-c1ccccc1)NC1CCOc2ccccc21. The van der Waals surface area contributed by atoms with E-state index >= 15 is 0 Å². The van der Waals surface area contributed by atoms with Gasteiger partial charge in [0.2, 0.25) is 0 Å². The van der Waals surface area contributed by atoms with Gasteiger partial charge in [0.1, 0.15) is 12.1 Å². The maximum Gasteiger partial charge on any atom is 0.315 e. The molecule has 1 aliphatic rings. The van der Waals surface area contributed by atoms with Gasteiger partial charge in [-0.2, -0.15) is 0 Å². The smallest absolute Gasteiger partial charge is 0.315 e. The Bertz CT molecular complexity index is 894. The first-order chi connectivity index (χ1) is 12.8. The molecule has 1 aliphatic heterocycles. The Hall–Kier alpha value is -3.35. The van der Waals surface area contributed by atoms with Crippen molar-refractivity contribution in [1.82, 2.24) is 25.4 Å². The first kappa shape index (κ1) is 16.1. The molecule has 0 saturated heterocycles. The summed E-state index contributed by atoms with van der Waals surface area (Å²) in [5.41, 5.74) is 1.95. The summed E-state index contributed by atoms with van der Waals surface area (Å²) in [6.07, 6.45) is 2.38. The van der Waals surface area contributed by atoms with E-state index in [1.54, 1.807) is 6.33 Å². The van der Waals surface area contributed by atoms with Gasteiger partial charge < -0.3 is 15.4 Å². The highest BCUT2D eigenvalue weighted by atomic mass is 16.5. The molecule has 2 N–H and O–H groups in total. The molecule has 0 radical (unpaired) electrons. The zero-order chi connectivity index (χ0) is 17.8. The van der Waals surface area contributed by atoms with Crippen LogP contribution in [0.15, 0.2) is 60.9 Å². The number of aromatic nitrogens is 3. The summed E-state index contributed by atoms with van der Waals surface area (Å²) < 4.78 is 7.48. The minimum atomic E-state index is -0.241. The van der Waals surface area contributed by atoms with E-state index in [9.17, 15) is 4.79 Å². The maximum absolute atomic E-state index is 12.3. The van der Waals surface area contributed by atoms with Crippen molar-refractivity contribution in [3.63, 3.8) is 0 Å². The van der Waals surface area contributed by atoms with Gasteiger partial charge in [-0.1, -0.05) is 36.4 Å². The molecule has 26 heavy (non-hydrogen) atoms. The van der Waals surface area contributed by atoms with Crippen LogP contribution < -0.4 is 15.4 Å². The summed E-state index contributed by atoms with van der Waals surface area (Å²) in [4.78, 5) is 12.3. The fourth-order valence-electron chi connectivity index (χ4n) is 3.04. The van der Waals surface area contributed by atoms with Gasteiger partial charge in [-0.05, 0) is 18.2 Å². The van der Waals surface area contributed by atoms with Gasteiger partial charge >= 0.3 is 6.03 Å². The zero-order valence-electron chi connectivity index (χ0n) is 14.1. The van der Waals surface area contributed by atoms with Crippen LogP contribution in [-0.4, -0.2) is 27.4 Å². The molecule has 2 aromatic carbocycles. The van der Waals surface area contributed by atoms with E-state index in [4.69, 9.17) is 4.74 Å². The lowest BCUT2D eigenvalue weighted by atomic mass is 10.0. The Morgan fingerprint density at radius 3 is 2.85 bits per heavy atom. The molecule has 132 valence electrons. The van der Waals surface area contributed by atoms with Crippen LogP contribution in [0.3, 0.4) is 0 Å². The molecule has 0 fully saturated rings. The Morgan fingerprint density at radius 1 is 1.15 bits per heavy atom. The van der Waals surface area contributed by atoms with E-state index in [-0.39, 0.29) is 18.6 Å². The van der Waals surface area contributed by atoms with Crippen LogP contribution in [0, 0.1) is 0 Å². The van der Waals surface area contributed by atoms with Crippen LogP contribution in [0.5, 0.6) is 5.75 Å². The highest BCUT2D eigenvalue weighted by Crippen LogP contribution is 2.31. The minimum absolute atomic E-state index is 0.0630. The molecule has 2 amide bonds. The molecule has 1 aromatic heterocycles. The van der Waals surface area contributed by atoms with Crippen molar-refractivity contribution in [1.29, 1.82) is 0 Å². The largest absolute Gasteiger partial charge is 0.493 e. The second-order valence-corrected chi connectivity index (χ2v) is 6.01. The van der Waals surface area contributed by atoms with E-state index in [1.807, 2.05) is 59.2 Å². The lowest BCUT2D eigenvalue weighted by Crippen LogP contribution is -2.39. The average molecular weight is 349 g/mol. The molecule has 2 heterocycles. The number of ether oxygens (including phenoxy) is 1. The van der Waals surface area contributed by atoms with Crippen LogP contribution in [0.25, 0.3) is 5.69 Å². The minimum Gasteiger partial charge on any atom is -0.493 e. The average Bonchev–Trinajstić information content (AvgIpc) is 3.16. The van der Waals surface area contributed by atoms with Gasteiger partial charge in [-0.15, -0.1) is 10.2 Å². The summed E-state index contributed by atoms with van der Waals surface area (Å²) in [6.45, 7) is 0.871. The number of nitrogens with one attached hydrogen (secondary N) is 2. The number of benzene rings is 2. The Morgan fingerprint density at radius 2 is 1.96 bits per heavy atom. The van der Waals surface area contributed by atoms with Crippen LogP contribution >= 0.6 is 0 Å². The fourth-order valence-corrected chi connectivity index (χ4v) is 3.04. The van der Waals surface area contributed by atoms with Crippen molar-refractivity contribution in [2.24, 2.45) is 0 Å². The summed E-state index contributed by atoms with van der Waals surface area (Å²) >= 11 is 0. The Balaban J connectivity index is 1.40. The lowest BCUT2D eigenvalue weighted by Gasteiger charge is -2.26. The van der Waals surface area contributed by atoms with Gasteiger partial charge in [-0.3, -0.25) is 4.57 Å². The number of para-hydroxylation sites is 2. The van der Waals surface area contributed by atoms with E-state index in [0.717, 1.165) is 23.4 Å². The zero-order valence-corrected chi connectivity index (χ0v) is 14.1. The number of fused-ring (bicyclic) bond motifs is 1. The van der Waals surface area contributed by atoms with Crippen molar-refractivity contribution < 1.29 is 9.53 Å². The van der Waals surface area contributed by atoms with Crippen molar-refractivity contribution in [2.75, 3.05) is 6.61 Å². The first-order valence-corrected chi connectivity index (χ1v) is 8.51. The summed E-state index contributed by atoms with van der Waals surface area (Å²) in [6, 6.07) is 17.2. The lowest BCUT2D eigenvalue weighted by molar-refractivity contribution is 0.223. The molecule has 0 bridgehead atoms. The van der Waals surface area contributed by atoms with E-state index in [1.165, 1.54) is 0 Å². The normalized spacial score (nSPS) is 15.6. The van der Waals surface area contributed by atoms with Crippen LogP contribution in [0.1, 0.15) is 23.9 Å². The molecule has 7 heteroatoms. The first-order valence-electron chi connectivity index (χ1n) is 8.51. The third kappa shape index (κ3) is 3.37. The molecule has 3 aromatic rings. The predicted octanol–water partition coefficient (Wildman–Crippen LogP) is 2.59. The standard InChI is InChI=1S/C19H19N5O2/c25-19(22-16-10-11-26-17-9-5-4-8-15(16)17)20-12-18-23-21-13-24(18)14-6-2-1-3-7-14/h1-9,13,16H,10-12H2,(H2,20,22,25). The third-order valence-corrected chi connectivity index (χ3v) is 4.32. The number of nitrogens with zero attached hydrogens (tertiary/aromatic N) is 3. The maximum atomic E-state index is 12.3. The number of amides is 2. The van der Waals surface area contributed by atoms with Crippen molar-refractivity contribution in [3.05, 3.63) is 72.3 Å². The van der Waals surface area contributed by atoms with E-state index in [0.29, 0.717) is 12.4 Å². The Kier molecular flexibility index (Phi) is 4.51. The van der Waals surface area contributed by atoms with E-state index < -0.39 is 0 Å². The number of hydrogen-bond donors (Lipinski definition) is 2. The predicted molar refractivity (Wildman–Crippen MR) is 96.0 cm³/mol. The highest BCUT2D eigenvalue weighted by Gasteiger charge is 2.22. The molecule has 0 spiro atoms.